The molecule has 0 aromatic rings. The molecule has 0 aromatic heterocycles. The monoisotopic (exact) mass is 330 g/mol. The molecule has 8 heteroatoms. The van der Waals surface area contributed by atoms with Crippen LogP contribution in [0.3, 0.4) is 0 Å². The highest BCUT2D eigenvalue weighted by atomic mass is 35.6. The summed E-state index contributed by atoms with van der Waals surface area (Å²) in [6, 6.07) is 0. The molecule has 2 saturated heterocycles. The van der Waals surface area contributed by atoms with Crippen molar-refractivity contribution in [1.29, 1.82) is 0 Å². The fourth-order valence-electron chi connectivity index (χ4n) is 2.36. The fourth-order valence-corrected chi connectivity index (χ4v) is 2.67. The Bertz CT molecular complexity index is 408. The number of hydrogen-bond donors (Lipinski definition) is 0. The molecule has 0 radical (unpaired) electrons. The fraction of sp³-hybridized carbons (Fsp3) is 0.818. The Kier molecular flexibility index (Phi) is 3.27. The maximum absolute atomic E-state index is 5.82. The predicted molar refractivity (Wildman–Crippen MR) is 67.9 cm³/mol. The largest absolute Gasteiger partial charge is 0.465 e. The van der Waals surface area contributed by atoms with Crippen LogP contribution in [0.4, 0.5) is 0 Å². The van der Waals surface area contributed by atoms with E-state index in [0.29, 0.717) is 0 Å². The van der Waals surface area contributed by atoms with Crippen LogP contribution in [0.25, 0.3) is 0 Å². The maximum Gasteiger partial charge on any atom is 0.265 e. The molecule has 108 valence electrons. The molecule has 3 aliphatic rings. The lowest BCUT2D eigenvalue weighted by molar-refractivity contribution is -0.278. The van der Waals surface area contributed by atoms with E-state index < -0.39 is 33.9 Å². The van der Waals surface area contributed by atoms with Gasteiger partial charge in [0.25, 0.3) is 5.79 Å². The van der Waals surface area contributed by atoms with Crippen LogP contribution < -0.4 is 0 Å². The average molecular weight is 332 g/mol. The van der Waals surface area contributed by atoms with E-state index in [-0.39, 0.29) is 6.61 Å². The van der Waals surface area contributed by atoms with Crippen molar-refractivity contribution in [3.63, 3.8) is 0 Å². The first kappa shape index (κ1) is 14.2. The standard InChI is InChI=1S/C11H13Cl3O5/c1-9(2)16-5-10(19-9)7-6(3-4-15-10)17-8(18-7)11(12,13)14/h3-4,6-8H,5H2,1-2H3/t6-,7-,8+,10+/m0/s1. The van der Waals surface area contributed by atoms with E-state index in [1.165, 1.54) is 6.26 Å². The van der Waals surface area contributed by atoms with Crippen molar-refractivity contribution in [2.75, 3.05) is 6.61 Å². The molecular weight excluding hydrogens is 318 g/mol. The smallest absolute Gasteiger partial charge is 0.265 e. The van der Waals surface area contributed by atoms with Crippen molar-refractivity contribution >= 4 is 34.8 Å². The number of rotatable bonds is 0. The molecule has 0 aliphatic carbocycles. The van der Waals surface area contributed by atoms with Gasteiger partial charge in [-0.15, -0.1) is 0 Å². The first-order valence-electron chi connectivity index (χ1n) is 5.78. The molecule has 0 unspecified atom stereocenters. The summed E-state index contributed by atoms with van der Waals surface area (Å²) in [5.74, 6) is -1.84. The lowest BCUT2D eigenvalue weighted by Crippen LogP contribution is -2.53. The van der Waals surface area contributed by atoms with Crippen LogP contribution in [-0.4, -0.2) is 40.5 Å². The molecule has 3 aliphatic heterocycles. The minimum Gasteiger partial charge on any atom is -0.465 e. The molecule has 19 heavy (non-hydrogen) atoms. The van der Waals surface area contributed by atoms with Gasteiger partial charge in [0.05, 0.1) is 6.26 Å². The van der Waals surface area contributed by atoms with E-state index in [0.717, 1.165) is 0 Å². The molecule has 0 saturated carbocycles. The molecular formula is C11H13Cl3O5. The predicted octanol–water partition coefficient (Wildman–Crippen LogP) is 2.49. The number of hydrogen-bond acceptors (Lipinski definition) is 5. The van der Waals surface area contributed by atoms with Crippen molar-refractivity contribution < 1.29 is 23.7 Å². The Hall–Kier alpha value is 0.250. The van der Waals surface area contributed by atoms with E-state index in [2.05, 4.69) is 0 Å². The summed E-state index contributed by atoms with van der Waals surface area (Å²) in [6.07, 6.45) is 1.24. The van der Waals surface area contributed by atoms with E-state index in [4.69, 9.17) is 58.5 Å². The number of fused-ring (bicyclic) bond motifs is 2. The summed E-state index contributed by atoms with van der Waals surface area (Å²) in [4.78, 5) is 0. The quantitative estimate of drug-likeness (QED) is 0.638. The minimum absolute atomic E-state index is 0.210. The van der Waals surface area contributed by atoms with Gasteiger partial charge in [0.1, 0.15) is 12.7 Å². The molecule has 1 spiro atoms. The van der Waals surface area contributed by atoms with Crippen molar-refractivity contribution in [3.05, 3.63) is 12.3 Å². The number of ether oxygens (including phenoxy) is 5. The Balaban J connectivity index is 1.85. The lowest BCUT2D eigenvalue weighted by Gasteiger charge is -2.36. The van der Waals surface area contributed by atoms with E-state index >= 15 is 0 Å². The highest BCUT2D eigenvalue weighted by Gasteiger charge is 2.62. The van der Waals surface area contributed by atoms with Crippen LogP contribution in [0, 0.1) is 0 Å². The molecule has 0 N–H and O–H groups in total. The minimum atomic E-state index is -1.68. The summed E-state index contributed by atoms with van der Waals surface area (Å²) in [7, 11) is 0. The third kappa shape index (κ3) is 2.46. The van der Waals surface area contributed by atoms with Gasteiger partial charge >= 0.3 is 0 Å². The molecule has 0 bridgehead atoms. The van der Waals surface area contributed by atoms with Gasteiger partial charge in [0.2, 0.25) is 10.1 Å². The van der Waals surface area contributed by atoms with Crippen LogP contribution in [0.1, 0.15) is 13.8 Å². The SMILES string of the molecule is CC1(C)OC[C@@]2(OC=C[C@@H]3O[C@@H](C(Cl)(Cl)Cl)O[C@@H]32)O1. The zero-order chi connectivity index (χ0) is 13.9. The lowest BCUT2D eigenvalue weighted by atomic mass is 10.0. The number of halogens is 3. The Morgan fingerprint density at radius 1 is 1.21 bits per heavy atom. The van der Waals surface area contributed by atoms with E-state index in [9.17, 15) is 0 Å². The third-order valence-electron chi connectivity index (χ3n) is 3.13. The average Bonchev–Trinajstić information content (AvgIpc) is 2.81. The van der Waals surface area contributed by atoms with Gasteiger partial charge in [0.15, 0.2) is 11.9 Å². The van der Waals surface area contributed by atoms with E-state index in [1.807, 2.05) is 0 Å². The van der Waals surface area contributed by atoms with Gasteiger partial charge in [-0.1, -0.05) is 34.8 Å². The highest BCUT2D eigenvalue weighted by molar-refractivity contribution is 6.67. The molecule has 5 nitrogen and oxygen atoms in total. The van der Waals surface area contributed by atoms with E-state index in [1.54, 1.807) is 19.9 Å². The van der Waals surface area contributed by atoms with Gasteiger partial charge in [0, 0.05) is 0 Å². The molecule has 3 heterocycles. The summed E-state index contributed by atoms with van der Waals surface area (Å²) >= 11 is 17.4. The summed E-state index contributed by atoms with van der Waals surface area (Å²) in [5, 5.41) is 0. The van der Waals surface area contributed by atoms with Crippen molar-refractivity contribution in [2.45, 2.75) is 47.7 Å². The van der Waals surface area contributed by atoms with Gasteiger partial charge < -0.3 is 23.7 Å². The van der Waals surface area contributed by atoms with Crippen molar-refractivity contribution in [2.24, 2.45) is 0 Å². The van der Waals surface area contributed by atoms with Crippen molar-refractivity contribution in [1.82, 2.24) is 0 Å². The Labute approximate surface area is 125 Å². The summed E-state index contributed by atoms with van der Waals surface area (Å²) in [5.41, 5.74) is 0. The van der Waals surface area contributed by atoms with Gasteiger partial charge in [-0.05, 0) is 19.9 Å². The van der Waals surface area contributed by atoms with Crippen LogP contribution >= 0.6 is 34.8 Å². The van der Waals surface area contributed by atoms with Crippen LogP contribution in [0.2, 0.25) is 0 Å². The first-order chi connectivity index (χ1) is 8.72. The van der Waals surface area contributed by atoms with Crippen LogP contribution in [0.5, 0.6) is 0 Å². The normalized spacial score (nSPS) is 44.4. The molecule has 3 rings (SSSR count). The molecule has 0 amide bonds. The topological polar surface area (TPSA) is 46.2 Å². The second kappa shape index (κ2) is 4.37. The van der Waals surface area contributed by atoms with Gasteiger partial charge in [-0.3, -0.25) is 0 Å². The molecule has 0 aromatic carbocycles. The Morgan fingerprint density at radius 3 is 2.53 bits per heavy atom. The summed E-state index contributed by atoms with van der Waals surface area (Å²) < 4.78 is 26.5. The number of alkyl halides is 3. The van der Waals surface area contributed by atoms with Crippen LogP contribution in [0.15, 0.2) is 12.3 Å². The second-order valence-electron chi connectivity index (χ2n) is 5.08. The van der Waals surface area contributed by atoms with Crippen LogP contribution in [-0.2, 0) is 23.7 Å². The Morgan fingerprint density at radius 2 is 1.95 bits per heavy atom. The second-order valence-corrected chi connectivity index (χ2v) is 7.45. The molecule has 2 fully saturated rings. The van der Waals surface area contributed by atoms with Gasteiger partial charge in [-0.2, -0.15) is 0 Å². The third-order valence-corrected chi connectivity index (χ3v) is 3.66. The zero-order valence-electron chi connectivity index (χ0n) is 10.3. The van der Waals surface area contributed by atoms with Gasteiger partial charge in [-0.25, -0.2) is 0 Å². The maximum atomic E-state index is 5.82. The van der Waals surface area contributed by atoms with Crippen molar-refractivity contribution in [3.8, 4) is 0 Å². The molecule has 4 atom stereocenters. The zero-order valence-corrected chi connectivity index (χ0v) is 12.5. The summed E-state index contributed by atoms with van der Waals surface area (Å²) in [6.45, 7) is 3.79. The first-order valence-corrected chi connectivity index (χ1v) is 6.92. The highest BCUT2D eigenvalue weighted by Crippen LogP contribution is 2.46.